The van der Waals surface area contributed by atoms with Crippen molar-refractivity contribution in [3.8, 4) is 0 Å². The first-order valence-corrected chi connectivity index (χ1v) is 26.9. The third-order valence-electron chi connectivity index (χ3n) is 17.2. The summed E-state index contributed by atoms with van der Waals surface area (Å²) in [4.78, 5) is 5.06. The van der Waals surface area contributed by atoms with Gasteiger partial charge in [-0.05, 0) is 152 Å². The van der Waals surface area contributed by atoms with Crippen molar-refractivity contribution < 1.29 is 8.83 Å². The van der Waals surface area contributed by atoms with E-state index in [0.717, 1.165) is 66.6 Å². The summed E-state index contributed by atoms with van der Waals surface area (Å²) >= 11 is 0. The van der Waals surface area contributed by atoms with Gasteiger partial charge >= 0.3 is 0 Å². The van der Waals surface area contributed by atoms with Gasteiger partial charge in [0.25, 0.3) is 0 Å². The van der Waals surface area contributed by atoms with Gasteiger partial charge in [-0.15, -0.1) is 0 Å². The van der Waals surface area contributed by atoms with Crippen LogP contribution < -0.4 is 9.80 Å². The Morgan fingerprint density at radius 1 is 0.297 bits per heavy atom. The fourth-order valence-corrected chi connectivity index (χ4v) is 13.8. The number of anilines is 6. The maximum Gasteiger partial charge on any atom is 0.159 e. The maximum atomic E-state index is 6.97. The molecule has 0 bridgehead atoms. The highest BCUT2D eigenvalue weighted by Gasteiger charge is 2.31. The van der Waals surface area contributed by atoms with E-state index in [9.17, 15) is 0 Å². The van der Waals surface area contributed by atoms with Gasteiger partial charge in [-0.1, -0.05) is 171 Å². The molecule has 0 radical (unpaired) electrons. The lowest BCUT2D eigenvalue weighted by atomic mass is 9.82. The van der Waals surface area contributed by atoms with Crippen molar-refractivity contribution >= 4 is 132 Å². The van der Waals surface area contributed by atoms with Crippen LogP contribution >= 0.6 is 0 Å². The SMILES string of the molecule is c1ccc2cc(N(c3cc(C4CCCC4)c4ccc5c(N(c6ccc7ccccc7c6)c6cccc7c6oc6ccccc67)cc(C6CCCC6)c6ccc3c4c65)c3cccc4c3oc3ccccc34)ccc2c1. The molecule has 12 aromatic carbocycles. The minimum atomic E-state index is 0.451. The zero-order chi connectivity index (χ0) is 48.4. The molecule has 74 heavy (non-hydrogen) atoms. The first-order valence-electron chi connectivity index (χ1n) is 26.9. The predicted molar refractivity (Wildman–Crippen MR) is 311 cm³/mol. The van der Waals surface area contributed by atoms with Crippen molar-refractivity contribution in [2.45, 2.75) is 63.2 Å². The van der Waals surface area contributed by atoms with Crippen molar-refractivity contribution in [2.75, 3.05) is 9.80 Å². The van der Waals surface area contributed by atoms with Crippen LogP contribution in [0.3, 0.4) is 0 Å². The first-order chi connectivity index (χ1) is 36.7. The summed E-state index contributed by atoms with van der Waals surface area (Å²) in [6, 6.07) is 76.9. The van der Waals surface area contributed by atoms with Gasteiger partial charge in [-0.2, -0.15) is 0 Å². The van der Waals surface area contributed by atoms with Gasteiger partial charge in [-0.25, -0.2) is 0 Å². The zero-order valence-electron chi connectivity index (χ0n) is 41.2. The Bertz CT molecular complexity index is 4260. The zero-order valence-corrected chi connectivity index (χ0v) is 41.2. The van der Waals surface area contributed by atoms with Gasteiger partial charge < -0.3 is 18.6 Å². The maximum absolute atomic E-state index is 6.97. The largest absolute Gasteiger partial charge is 0.454 e. The lowest BCUT2D eigenvalue weighted by Crippen LogP contribution is -2.13. The van der Waals surface area contributed by atoms with E-state index in [4.69, 9.17) is 8.83 Å². The molecule has 2 aliphatic rings. The van der Waals surface area contributed by atoms with Crippen LogP contribution in [0.2, 0.25) is 0 Å². The van der Waals surface area contributed by atoms with Crippen LogP contribution in [-0.4, -0.2) is 0 Å². The van der Waals surface area contributed by atoms with E-state index in [2.05, 4.69) is 216 Å². The van der Waals surface area contributed by atoms with Crippen molar-refractivity contribution in [1.82, 2.24) is 0 Å². The van der Waals surface area contributed by atoms with Gasteiger partial charge in [-0.3, -0.25) is 0 Å². The highest BCUT2D eigenvalue weighted by atomic mass is 16.3. The van der Waals surface area contributed by atoms with E-state index in [1.807, 2.05) is 0 Å². The quantitative estimate of drug-likeness (QED) is 0.142. The number of rotatable bonds is 8. The molecule has 2 aliphatic carbocycles. The summed E-state index contributed by atoms with van der Waals surface area (Å²) in [7, 11) is 0. The molecule has 2 heterocycles. The summed E-state index contributed by atoms with van der Waals surface area (Å²) in [5.74, 6) is 0.902. The van der Waals surface area contributed by atoms with Crippen molar-refractivity contribution in [3.63, 3.8) is 0 Å². The van der Waals surface area contributed by atoms with E-state index in [1.165, 1.54) is 128 Å². The van der Waals surface area contributed by atoms with Crippen LogP contribution in [0.15, 0.2) is 215 Å². The molecule has 0 atom stereocenters. The van der Waals surface area contributed by atoms with Crippen LogP contribution in [0.25, 0.3) is 97.7 Å². The Morgan fingerprint density at radius 3 is 1.15 bits per heavy atom. The van der Waals surface area contributed by atoms with Gasteiger partial charge in [0.2, 0.25) is 0 Å². The summed E-state index contributed by atoms with van der Waals surface area (Å²) in [6.45, 7) is 0. The molecule has 2 aromatic heterocycles. The van der Waals surface area contributed by atoms with Crippen molar-refractivity contribution in [1.29, 1.82) is 0 Å². The summed E-state index contributed by atoms with van der Waals surface area (Å²) in [6.07, 6.45) is 9.75. The summed E-state index contributed by atoms with van der Waals surface area (Å²) in [5.41, 5.74) is 13.2. The van der Waals surface area contributed by atoms with E-state index < -0.39 is 0 Å². The van der Waals surface area contributed by atoms with Gasteiger partial charge in [0.1, 0.15) is 11.2 Å². The third-order valence-corrected chi connectivity index (χ3v) is 17.2. The molecule has 4 heteroatoms. The second kappa shape index (κ2) is 16.5. The average Bonchev–Trinajstić information content (AvgIpc) is 4.34. The summed E-state index contributed by atoms with van der Waals surface area (Å²) < 4.78 is 13.9. The van der Waals surface area contributed by atoms with Crippen LogP contribution in [0.1, 0.15) is 74.3 Å². The van der Waals surface area contributed by atoms with E-state index in [-0.39, 0.29) is 0 Å². The Labute approximate surface area is 429 Å². The molecule has 0 N–H and O–H groups in total. The lowest BCUT2D eigenvalue weighted by Gasteiger charge is -2.32. The van der Waals surface area contributed by atoms with Gasteiger partial charge in [0.15, 0.2) is 11.2 Å². The van der Waals surface area contributed by atoms with Crippen LogP contribution in [0, 0.1) is 0 Å². The monoisotopic (exact) mass is 952 g/mol. The minimum absolute atomic E-state index is 0.451. The molecule has 0 amide bonds. The molecule has 2 saturated carbocycles. The van der Waals surface area contributed by atoms with Crippen LogP contribution in [-0.2, 0) is 0 Å². The number of benzene rings is 12. The third kappa shape index (κ3) is 6.34. The Hall–Kier alpha value is -8.60. The number of fused-ring (bicyclic) bond motifs is 8. The molecular weight excluding hydrogens is 901 g/mol. The lowest BCUT2D eigenvalue weighted by molar-refractivity contribution is 0.668. The van der Waals surface area contributed by atoms with Gasteiger partial charge in [0, 0.05) is 43.7 Å². The van der Waals surface area contributed by atoms with E-state index in [1.54, 1.807) is 0 Å². The average molecular weight is 953 g/mol. The van der Waals surface area contributed by atoms with Crippen molar-refractivity contribution in [3.05, 3.63) is 217 Å². The molecule has 0 unspecified atom stereocenters. The highest BCUT2D eigenvalue weighted by Crippen LogP contribution is 2.55. The molecule has 4 nitrogen and oxygen atoms in total. The molecule has 354 valence electrons. The molecule has 0 aliphatic heterocycles. The highest BCUT2D eigenvalue weighted by molar-refractivity contribution is 6.30. The molecule has 0 spiro atoms. The topological polar surface area (TPSA) is 32.8 Å². The number of nitrogens with zero attached hydrogens (tertiary/aromatic N) is 2. The Morgan fingerprint density at radius 2 is 0.689 bits per heavy atom. The van der Waals surface area contributed by atoms with Crippen LogP contribution in [0.5, 0.6) is 0 Å². The minimum Gasteiger partial charge on any atom is -0.454 e. The fourth-order valence-electron chi connectivity index (χ4n) is 13.8. The Kier molecular flexibility index (Phi) is 9.33. The second-order valence-corrected chi connectivity index (χ2v) is 21.2. The standard InChI is InChI=1S/C70H52N2O2/c1-7-21-47-39-49(33-31-43(47)15-1)71(61-27-13-25-55-51-23-9-11-29-65(51)73-69(55)61)63-41-59(45-17-3-4-18-45)53-36-38-58-64(42-60(46-19-5-6-20-46)54-35-37-57(63)67(53)68(54)58)72(50-34-32-44-16-2-8-22-48(44)40-50)62-28-14-26-56-52-24-10-12-30-66(52)74-70(56)62/h1-2,7-16,21-42,45-46H,3-6,17-20H2. The Balaban J connectivity index is 1.04. The first kappa shape index (κ1) is 42.0. The molecule has 2 fully saturated rings. The number of para-hydroxylation sites is 4. The molecule has 16 rings (SSSR count). The fraction of sp³-hybridized carbons (Fsp3) is 0.143. The van der Waals surface area contributed by atoms with Gasteiger partial charge in [0.05, 0.1) is 22.7 Å². The van der Waals surface area contributed by atoms with E-state index in [0.29, 0.717) is 11.8 Å². The number of hydrogen-bond acceptors (Lipinski definition) is 4. The number of furan rings is 2. The molecule has 0 saturated heterocycles. The molecule has 14 aromatic rings. The van der Waals surface area contributed by atoms with Crippen LogP contribution in [0.4, 0.5) is 34.1 Å². The number of hydrogen-bond donors (Lipinski definition) is 0. The van der Waals surface area contributed by atoms with E-state index >= 15 is 0 Å². The molecular formula is C70H52N2O2. The van der Waals surface area contributed by atoms with Crippen molar-refractivity contribution in [2.24, 2.45) is 0 Å². The second-order valence-electron chi connectivity index (χ2n) is 21.2. The normalized spacial score (nSPS) is 14.8. The predicted octanol–water partition coefficient (Wildman–Crippen LogP) is 20.9. The smallest absolute Gasteiger partial charge is 0.159 e. The summed E-state index contributed by atoms with van der Waals surface area (Å²) in [5, 5.41) is 17.3.